The van der Waals surface area contributed by atoms with E-state index < -0.39 is 52.1 Å². The molecule has 0 saturated heterocycles. The molecule has 12 heteroatoms. The molecule has 0 unspecified atom stereocenters. The van der Waals surface area contributed by atoms with Gasteiger partial charge in [-0.05, 0) is 12.1 Å². The summed E-state index contributed by atoms with van der Waals surface area (Å²) in [6.45, 7) is 0. The fraction of sp³-hybridized carbons (Fsp3) is 0. The van der Waals surface area contributed by atoms with E-state index in [9.17, 15) is 29.1 Å². The second-order valence-electron chi connectivity index (χ2n) is 4.82. The van der Waals surface area contributed by atoms with Gasteiger partial charge in [-0.3, -0.25) is 9.59 Å². The number of hydrogen-bond acceptors (Lipinski definition) is 6. The Morgan fingerprint density at radius 2 is 1.50 bits per heavy atom. The molecular weight excluding hydrogens is 370 g/mol. The van der Waals surface area contributed by atoms with Crippen LogP contribution in [0.2, 0.25) is 0 Å². The Morgan fingerprint density at radius 3 is 2.00 bits per heavy atom. The Labute approximate surface area is 188 Å². The summed E-state index contributed by atoms with van der Waals surface area (Å²) in [6.07, 6.45) is 0. The molecule has 4 N–H and O–H groups in total. The zero-order valence-corrected chi connectivity index (χ0v) is 11.5. The molecule has 2 aromatic heterocycles. The number of fused-ring (bicyclic) bond motifs is 3. The van der Waals surface area contributed by atoms with Gasteiger partial charge in [0.2, 0.25) is 5.78 Å². The van der Waals surface area contributed by atoms with Gasteiger partial charge in [-0.15, -0.1) is 0 Å². The Bertz CT molecular complexity index is 995. The number of nitrogens with one attached hydrogen (secondary N) is 1. The maximum atomic E-state index is 12.1. The molecule has 0 bridgehead atoms. The number of hydrogen-bond donors (Lipinski definition) is 4. The monoisotopic (exact) mass is 378 g/mol. The second kappa shape index (κ2) is 7.82. The van der Waals surface area contributed by atoms with Crippen molar-refractivity contribution in [3.05, 3.63) is 40.3 Å². The van der Waals surface area contributed by atoms with Crippen molar-refractivity contribution in [2.24, 2.45) is 0 Å². The van der Waals surface area contributed by atoms with Crippen LogP contribution in [0.3, 0.4) is 0 Å². The van der Waals surface area contributed by atoms with Crippen LogP contribution in [0.15, 0.2) is 12.1 Å². The van der Waals surface area contributed by atoms with E-state index >= 15 is 0 Å². The van der Waals surface area contributed by atoms with Gasteiger partial charge in [-0.25, -0.2) is 19.4 Å². The number of aromatic carboxylic acids is 3. The van der Waals surface area contributed by atoms with Gasteiger partial charge in [0.1, 0.15) is 17.1 Å². The predicted molar refractivity (Wildman–Crippen MR) is 87.9 cm³/mol. The van der Waals surface area contributed by atoms with Crippen LogP contribution in [0.4, 0.5) is 0 Å². The molecule has 2 heterocycles. The van der Waals surface area contributed by atoms with Gasteiger partial charge < -0.3 is 20.3 Å². The SMILES string of the molecule is O=C(O)c1cc(C(=O)O)c2c(n1)C(=O)C(=O)c1cc(C(=O)O)[nH]c1-2.[NaH].[NaH]. The van der Waals surface area contributed by atoms with Crippen LogP contribution in [-0.4, -0.2) is 114 Å². The summed E-state index contributed by atoms with van der Waals surface area (Å²) in [7, 11) is 0. The number of nitrogens with zero attached hydrogens (tertiary/aromatic N) is 1. The minimum absolute atomic E-state index is 0. The summed E-state index contributed by atoms with van der Waals surface area (Å²) in [5, 5.41) is 27.3. The van der Waals surface area contributed by atoms with Crippen LogP contribution in [0, 0.1) is 0 Å². The molecule has 0 amide bonds. The number of carboxylic acid groups (broad SMARTS) is 3. The van der Waals surface area contributed by atoms with E-state index in [1.54, 1.807) is 0 Å². The molecule has 0 fully saturated rings. The van der Waals surface area contributed by atoms with Gasteiger partial charge >= 0.3 is 77.0 Å². The van der Waals surface area contributed by atoms with E-state index in [2.05, 4.69) is 9.97 Å². The van der Waals surface area contributed by atoms with E-state index in [1.807, 2.05) is 0 Å². The molecule has 0 spiro atoms. The molecule has 124 valence electrons. The summed E-state index contributed by atoms with van der Waals surface area (Å²) < 4.78 is 0. The molecule has 0 saturated carbocycles. The van der Waals surface area contributed by atoms with E-state index in [1.165, 1.54) is 0 Å². The molecule has 0 radical (unpaired) electrons. The third-order valence-corrected chi connectivity index (χ3v) is 3.43. The van der Waals surface area contributed by atoms with Crippen molar-refractivity contribution in [2.45, 2.75) is 0 Å². The predicted octanol–water partition coefficient (Wildman–Crippen LogP) is -0.747. The van der Waals surface area contributed by atoms with E-state index in [4.69, 9.17) is 10.2 Å². The fourth-order valence-electron chi connectivity index (χ4n) is 2.42. The normalized spacial score (nSPS) is 11.5. The molecule has 0 aliphatic heterocycles. The van der Waals surface area contributed by atoms with Crippen molar-refractivity contribution in [1.82, 2.24) is 9.97 Å². The molecule has 26 heavy (non-hydrogen) atoms. The molecule has 1 aliphatic carbocycles. The van der Waals surface area contributed by atoms with Gasteiger partial charge in [0, 0.05) is 5.56 Å². The van der Waals surface area contributed by atoms with Crippen molar-refractivity contribution in [2.75, 3.05) is 0 Å². The second-order valence-corrected chi connectivity index (χ2v) is 4.82. The molecule has 3 rings (SSSR count). The van der Waals surface area contributed by atoms with Crippen molar-refractivity contribution in [1.29, 1.82) is 0 Å². The summed E-state index contributed by atoms with van der Waals surface area (Å²) in [4.78, 5) is 63.7. The number of carbonyl (C=O) groups excluding carboxylic acids is 2. The number of pyridine rings is 1. The summed E-state index contributed by atoms with van der Waals surface area (Å²) >= 11 is 0. The molecule has 10 nitrogen and oxygen atoms in total. The van der Waals surface area contributed by atoms with E-state index in [0.717, 1.165) is 12.1 Å². The van der Waals surface area contributed by atoms with Crippen LogP contribution >= 0.6 is 0 Å². The van der Waals surface area contributed by atoms with Gasteiger partial charge in [-0.2, -0.15) is 0 Å². The zero-order valence-electron chi connectivity index (χ0n) is 11.5. The van der Waals surface area contributed by atoms with E-state index in [-0.39, 0.29) is 75.9 Å². The first-order valence-corrected chi connectivity index (χ1v) is 6.29. The summed E-state index contributed by atoms with van der Waals surface area (Å²) in [6, 6.07) is 1.65. The van der Waals surface area contributed by atoms with Crippen LogP contribution in [-0.2, 0) is 0 Å². The summed E-state index contributed by atoms with van der Waals surface area (Å²) in [5.74, 6) is -6.87. The molecular formula is C14H8N2Na2O8. The number of aromatic nitrogens is 2. The Kier molecular flexibility index (Phi) is 6.69. The van der Waals surface area contributed by atoms with Gasteiger partial charge in [0.05, 0.1) is 16.8 Å². The molecule has 2 aromatic rings. The number of ketones is 2. The number of carboxylic acids is 3. The average Bonchev–Trinajstić information content (AvgIpc) is 2.96. The van der Waals surface area contributed by atoms with Crippen LogP contribution in [0.1, 0.15) is 52.2 Å². The fourth-order valence-corrected chi connectivity index (χ4v) is 2.42. The van der Waals surface area contributed by atoms with Crippen LogP contribution < -0.4 is 0 Å². The maximum absolute atomic E-state index is 12.1. The third kappa shape index (κ3) is 3.39. The average molecular weight is 378 g/mol. The van der Waals surface area contributed by atoms with Crippen LogP contribution in [0.5, 0.6) is 0 Å². The van der Waals surface area contributed by atoms with Gasteiger partial charge in [-0.1, -0.05) is 0 Å². The zero-order chi connectivity index (χ0) is 17.8. The first-order chi connectivity index (χ1) is 11.2. The first kappa shape index (κ1) is 22.2. The minimum atomic E-state index is -1.58. The summed E-state index contributed by atoms with van der Waals surface area (Å²) in [5.41, 5.74) is -3.21. The Balaban J connectivity index is 0.00000169. The van der Waals surface area contributed by atoms with Gasteiger partial charge in [0.25, 0.3) is 5.78 Å². The first-order valence-electron chi connectivity index (χ1n) is 6.29. The van der Waals surface area contributed by atoms with Crippen molar-refractivity contribution in [3.8, 4) is 11.3 Å². The van der Waals surface area contributed by atoms with E-state index in [0.29, 0.717) is 0 Å². The standard InChI is InChI=1S/C14H6N2O8.2Na.2H/c17-10-4-2-6(14(23)24)15-8(4)7-3(12(19)20)1-5(13(21)22)16-9(7)11(10)18;;;;/h1-2,15H,(H,19,20)(H,21,22)(H,23,24);;;;. The number of rotatable bonds is 3. The number of Topliss-reactive ketones (excluding diaryl/α,β-unsaturated/α-hetero) is 2. The van der Waals surface area contributed by atoms with Crippen molar-refractivity contribution >= 4 is 88.6 Å². The molecule has 0 atom stereocenters. The molecule has 0 aromatic carbocycles. The third-order valence-electron chi connectivity index (χ3n) is 3.43. The van der Waals surface area contributed by atoms with Crippen molar-refractivity contribution in [3.63, 3.8) is 0 Å². The Morgan fingerprint density at radius 1 is 0.885 bits per heavy atom. The number of carbonyl (C=O) groups is 5. The van der Waals surface area contributed by atoms with Gasteiger partial charge in [0.15, 0.2) is 0 Å². The quantitative estimate of drug-likeness (QED) is 0.396. The number of H-pyrrole nitrogens is 1. The topological polar surface area (TPSA) is 175 Å². The Hall–Kier alpha value is -1.82. The molecule has 1 aliphatic rings. The van der Waals surface area contributed by atoms with Crippen molar-refractivity contribution < 1.29 is 39.3 Å². The number of aromatic amines is 1. The van der Waals surface area contributed by atoms with Crippen LogP contribution in [0.25, 0.3) is 11.3 Å².